The first-order chi connectivity index (χ1) is 9.69. The summed E-state index contributed by atoms with van der Waals surface area (Å²) in [5, 5.41) is 7.31. The maximum absolute atomic E-state index is 13.2. The predicted octanol–water partition coefficient (Wildman–Crippen LogP) is 3.31. The molecule has 2 rings (SSSR count). The number of hydrogen-bond acceptors (Lipinski definition) is 2. The lowest BCUT2D eigenvalue weighted by atomic mass is 10.1. The molecule has 0 radical (unpaired) electrons. The molecule has 2 N–H and O–H groups in total. The maximum atomic E-state index is 13.2. The Morgan fingerprint density at radius 3 is 2.86 bits per heavy atom. The second-order valence-corrected chi connectivity index (χ2v) is 6.43. The number of aliphatic imine (C=N–C) groups is 1. The topological polar surface area (TPSA) is 36.4 Å². The van der Waals surface area contributed by atoms with Gasteiger partial charge in [-0.2, -0.15) is 11.8 Å². The molecule has 1 saturated heterocycles. The first-order valence-electron chi connectivity index (χ1n) is 7.00. The third-order valence-electron chi connectivity index (χ3n) is 3.43. The molecule has 21 heavy (non-hydrogen) atoms. The van der Waals surface area contributed by atoms with Gasteiger partial charge < -0.3 is 10.6 Å². The highest BCUT2D eigenvalue weighted by molar-refractivity contribution is 14.0. The molecule has 1 aromatic carbocycles. The molecule has 1 aliphatic rings. The first kappa shape index (κ1) is 18.5. The van der Waals surface area contributed by atoms with Gasteiger partial charge in [-0.15, -0.1) is 24.0 Å². The molecule has 0 spiro atoms. The Morgan fingerprint density at radius 2 is 2.24 bits per heavy atom. The zero-order chi connectivity index (χ0) is 14.4. The van der Waals surface area contributed by atoms with Crippen molar-refractivity contribution in [2.45, 2.75) is 31.6 Å². The summed E-state index contributed by atoms with van der Waals surface area (Å²) >= 11 is 2.03. The molecule has 1 aliphatic heterocycles. The lowest BCUT2D eigenvalue weighted by Crippen LogP contribution is -2.39. The van der Waals surface area contributed by atoms with E-state index in [1.54, 1.807) is 20.0 Å². The van der Waals surface area contributed by atoms with E-state index in [9.17, 15) is 4.39 Å². The maximum Gasteiger partial charge on any atom is 0.191 e. The van der Waals surface area contributed by atoms with Crippen LogP contribution in [0.2, 0.25) is 0 Å². The molecule has 1 atom stereocenters. The van der Waals surface area contributed by atoms with E-state index in [1.807, 2.05) is 17.8 Å². The monoisotopic (exact) mass is 423 g/mol. The predicted molar refractivity (Wildman–Crippen MR) is 100 cm³/mol. The van der Waals surface area contributed by atoms with E-state index >= 15 is 0 Å². The van der Waals surface area contributed by atoms with Gasteiger partial charge in [0.1, 0.15) is 5.82 Å². The Kier molecular flexibility index (Phi) is 8.39. The quantitative estimate of drug-likeness (QED) is 0.443. The molecule has 0 aliphatic carbocycles. The molecule has 0 saturated carbocycles. The number of nitrogens with zero attached hydrogens (tertiary/aromatic N) is 1. The minimum absolute atomic E-state index is 0. The molecule has 1 heterocycles. The van der Waals surface area contributed by atoms with Gasteiger partial charge in [0.05, 0.1) is 0 Å². The lowest BCUT2D eigenvalue weighted by molar-refractivity contribution is 0.617. The zero-order valence-electron chi connectivity index (χ0n) is 12.5. The molecule has 3 nitrogen and oxygen atoms in total. The van der Waals surface area contributed by atoms with Crippen molar-refractivity contribution >= 4 is 41.7 Å². The van der Waals surface area contributed by atoms with Gasteiger partial charge in [0, 0.05) is 25.4 Å². The fourth-order valence-corrected chi connectivity index (χ4v) is 3.44. The van der Waals surface area contributed by atoms with Crippen molar-refractivity contribution in [3.63, 3.8) is 0 Å². The van der Waals surface area contributed by atoms with Crippen molar-refractivity contribution < 1.29 is 4.39 Å². The number of halogens is 2. The number of rotatable bonds is 4. The molecule has 1 fully saturated rings. The van der Waals surface area contributed by atoms with Gasteiger partial charge in [-0.3, -0.25) is 4.99 Å². The molecule has 118 valence electrons. The normalized spacial score (nSPS) is 18.2. The standard InChI is InChI=1S/C15H22FN3S.HI/c1-11-8-12(5-6-14(11)16)9-18-15(17-2)19-10-13-4-3-7-20-13;/h5-6,8,13H,3-4,7,9-10H2,1-2H3,(H2,17,18,19);1H. The highest BCUT2D eigenvalue weighted by Gasteiger charge is 2.15. The summed E-state index contributed by atoms with van der Waals surface area (Å²) in [4.78, 5) is 4.22. The molecule has 0 amide bonds. The molecule has 0 bridgehead atoms. The lowest BCUT2D eigenvalue weighted by Gasteiger charge is -2.15. The molecular formula is C15H23FIN3S. The Bertz CT molecular complexity index is 476. The second kappa shape index (κ2) is 9.50. The highest BCUT2D eigenvalue weighted by Crippen LogP contribution is 2.25. The van der Waals surface area contributed by atoms with Gasteiger partial charge in [-0.25, -0.2) is 4.39 Å². The minimum atomic E-state index is -0.158. The summed E-state index contributed by atoms with van der Waals surface area (Å²) in [7, 11) is 1.77. The average Bonchev–Trinajstić information content (AvgIpc) is 2.96. The highest BCUT2D eigenvalue weighted by atomic mass is 127. The van der Waals surface area contributed by atoms with E-state index in [1.165, 1.54) is 24.7 Å². The summed E-state index contributed by atoms with van der Waals surface area (Å²) in [5.41, 5.74) is 1.73. The molecule has 1 aromatic rings. The summed E-state index contributed by atoms with van der Waals surface area (Å²) in [5.74, 6) is 1.92. The van der Waals surface area contributed by atoms with Crippen LogP contribution >= 0.6 is 35.7 Å². The van der Waals surface area contributed by atoms with Crippen LogP contribution in [0.15, 0.2) is 23.2 Å². The number of thioether (sulfide) groups is 1. The van der Waals surface area contributed by atoms with Crippen molar-refractivity contribution in [2.75, 3.05) is 19.3 Å². The van der Waals surface area contributed by atoms with Crippen LogP contribution in [0.5, 0.6) is 0 Å². The Labute approximate surface area is 147 Å². The van der Waals surface area contributed by atoms with Gasteiger partial charge in [0.15, 0.2) is 5.96 Å². The van der Waals surface area contributed by atoms with Crippen molar-refractivity contribution in [1.29, 1.82) is 0 Å². The zero-order valence-corrected chi connectivity index (χ0v) is 15.6. The average molecular weight is 423 g/mol. The van der Waals surface area contributed by atoms with E-state index in [0.29, 0.717) is 17.4 Å². The SMILES string of the molecule is CN=C(NCc1ccc(F)c(C)c1)NCC1CCCS1.I. The van der Waals surface area contributed by atoms with Gasteiger partial charge >= 0.3 is 0 Å². The smallest absolute Gasteiger partial charge is 0.191 e. The number of nitrogens with one attached hydrogen (secondary N) is 2. The summed E-state index contributed by atoms with van der Waals surface area (Å²) < 4.78 is 13.2. The number of aryl methyl sites for hydroxylation is 1. The van der Waals surface area contributed by atoms with E-state index in [-0.39, 0.29) is 29.8 Å². The van der Waals surface area contributed by atoms with Crippen LogP contribution in [0.1, 0.15) is 24.0 Å². The van der Waals surface area contributed by atoms with Crippen molar-refractivity contribution in [3.05, 3.63) is 35.1 Å². The van der Waals surface area contributed by atoms with Crippen LogP contribution < -0.4 is 10.6 Å². The Balaban J connectivity index is 0.00000220. The third kappa shape index (κ3) is 6.02. The van der Waals surface area contributed by atoms with Gasteiger partial charge in [-0.05, 0) is 42.7 Å². The van der Waals surface area contributed by atoms with Gasteiger partial charge in [0.25, 0.3) is 0 Å². The minimum Gasteiger partial charge on any atom is -0.355 e. The fraction of sp³-hybridized carbons (Fsp3) is 0.533. The second-order valence-electron chi connectivity index (χ2n) is 5.03. The first-order valence-corrected chi connectivity index (χ1v) is 8.05. The molecular weight excluding hydrogens is 400 g/mol. The van der Waals surface area contributed by atoms with Gasteiger partial charge in [0.2, 0.25) is 0 Å². The molecule has 6 heteroatoms. The number of guanidine groups is 1. The number of hydrogen-bond donors (Lipinski definition) is 2. The van der Waals surface area contributed by atoms with Crippen LogP contribution in [-0.4, -0.2) is 30.6 Å². The Hall–Kier alpha value is -0.500. The van der Waals surface area contributed by atoms with Crippen LogP contribution in [0, 0.1) is 12.7 Å². The molecule has 1 unspecified atom stereocenters. The fourth-order valence-electron chi connectivity index (χ4n) is 2.24. The molecule has 0 aromatic heterocycles. The van der Waals surface area contributed by atoms with Crippen molar-refractivity contribution in [2.24, 2.45) is 4.99 Å². The Morgan fingerprint density at radius 1 is 1.43 bits per heavy atom. The van der Waals surface area contributed by atoms with E-state index < -0.39 is 0 Å². The van der Waals surface area contributed by atoms with Gasteiger partial charge in [-0.1, -0.05) is 12.1 Å². The van der Waals surface area contributed by atoms with Crippen LogP contribution in [-0.2, 0) is 6.54 Å². The summed E-state index contributed by atoms with van der Waals surface area (Å²) in [6, 6.07) is 5.18. The number of benzene rings is 1. The van der Waals surface area contributed by atoms with E-state index in [0.717, 1.165) is 18.1 Å². The van der Waals surface area contributed by atoms with E-state index in [2.05, 4.69) is 15.6 Å². The van der Waals surface area contributed by atoms with Crippen LogP contribution in [0.25, 0.3) is 0 Å². The summed E-state index contributed by atoms with van der Waals surface area (Å²) in [6.07, 6.45) is 2.60. The van der Waals surface area contributed by atoms with E-state index in [4.69, 9.17) is 0 Å². The van der Waals surface area contributed by atoms with Crippen molar-refractivity contribution in [1.82, 2.24) is 10.6 Å². The third-order valence-corrected chi connectivity index (χ3v) is 4.83. The summed E-state index contributed by atoms with van der Waals surface area (Å²) in [6.45, 7) is 3.38. The largest absolute Gasteiger partial charge is 0.355 e. The van der Waals surface area contributed by atoms with Crippen LogP contribution in [0.4, 0.5) is 4.39 Å². The van der Waals surface area contributed by atoms with Crippen LogP contribution in [0.3, 0.4) is 0 Å². The van der Waals surface area contributed by atoms with Crippen molar-refractivity contribution in [3.8, 4) is 0 Å².